The first-order chi connectivity index (χ1) is 17.8. The molecule has 1 amide bonds. The summed E-state index contributed by atoms with van der Waals surface area (Å²) in [7, 11) is 5.82. The Morgan fingerprint density at radius 3 is 2.16 bits per heavy atom. The Morgan fingerprint density at radius 1 is 0.838 bits per heavy atom. The Hall–Kier alpha value is -4.53. The van der Waals surface area contributed by atoms with Gasteiger partial charge in [-0.25, -0.2) is 4.39 Å². The number of ether oxygens (including phenoxy) is 4. The molecule has 3 aromatic rings. The molecule has 192 valence electrons. The van der Waals surface area contributed by atoms with E-state index >= 15 is 0 Å². The fourth-order valence-corrected chi connectivity index (χ4v) is 4.44. The van der Waals surface area contributed by atoms with E-state index < -0.39 is 29.3 Å². The van der Waals surface area contributed by atoms with Gasteiger partial charge in [0.1, 0.15) is 23.1 Å². The summed E-state index contributed by atoms with van der Waals surface area (Å²) in [5.74, 6) is -1.47. The Kier molecular flexibility index (Phi) is 7.33. The van der Waals surface area contributed by atoms with Gasteiger partial charge in [-0.15, -0.1) is 0 Å². The molecule has 0 saturated carbocycles. The van der Waals surface area contributed by atoms with E-state index in [0.717, 1.165) is 6.07 Å². The summed E-state index contributed by atoms with van der Waals surface area (Å²) in [4.78, 5) is 28.1. The lowest BCUT2D eigenvalue weighted by atomic mass is 9.94. The van der Waals surface area contributed by atoms with Crippen molar-refractivity contribution in [3.05, 3.63) is 88.7 Å². The van der Waals surface area contributed by atoms with Gasteiger partial charge in [-0.3, -0.25) is 9.59 Å². The molecule has 1 fully saturated rings. The number of halogens is 1. The van der Waals surface area contributed by atoms with Gasteiger partial charge in [-0.2, -0.15) is 0 Å². The molecule has 0 aromatic heterocycles. The van der Waals surface area contributed by atoms with Crippen molar-refractivity contribution in [3.8, 4) is 23.0 Å². The molecule has 1 N–H and O–H groups in total. The minimum absolute atomic E-state index is 0.00463. The number of hydrogen-bond donors (Lipinski definition) is 1. The number of ketones is 1. The van der Waals surface area contributed by atoms with Gasteiger partial charge >= 0.3 is 0 Å². The lowest BCUT2D eigenvalue weighted by Crippen LogP contribution is -2.29. The summed E-state index contributed by atoms with van der Waals surface area (Å²) in [6.07, 6.45) is 0. The molecule has 1 saturated heterocycles. The third-order valence-electron chi connectivity index (χ3n) is 6.21. The molecular formula is C28H26FNO7. The summed E-state index contributed by atoms with van der Waals surface area (Å²) in [5, 5.41) is 11.3. The molecule has 1 atom stereocenters. The molecule has 4 rings (SSSR count). The second kappa shape index (κ2) is 10.6. The average molecular weight is 508 g/mol. The number of aliphatic hydroxyl groups is 1. The van der Waals surface area contributed by atoms with Crippen LogP contribution in [0.3, 0.4) is 0 Å². The van der Waals surface area contributed by atoms with Crippen molar-refractivity contribution in [3.63, 3.8) is 0 Å². The molecule has 1 unspecified atom stereocenters. The van der Waals surface area contributed by atoms with Gasteiger partial charge in [-0.05, 0) is 42.0 Å². The number of carbonyl (C=O) groups excluding carboxylic acids is 2. The molecule has 0 spiro atoms. The highest BCUT2D eigenvalue weighted by Gasteiger charge is 2.46. The molecule has 3 aromatic carbocycles. The first kappa shape index (κ1) is 25.6. The number of carbonyl (C=O) groups is 2. The summed E-state index contributed by atoms with van der Waals surface area (Å²) >= 11 is 0. The van der Waals surface area contributed by atoms with Crippen molar-refractivity contribution in [2.75, 3.05) is 28.4 Å². The number of para-hydroxylation sites is 1. The first-order valence-corrected chi connectivity index (χ1v) is 11.3. The first-order valence-electron chi connectivity index (χ1n) is 11.3. The fourth-order valence-electron chi connectivity index (χ4n) is 4.44. The molecular weight excluding hydrogens is 481 g/mol. The second-order valence-corrected chi connectivity index (χ2v) is 8.20. The maximum Gasteiger partial charge on any atom is 0.295 e. The number of aliphatic hydroxyl groups excluding tert-OH is 1. The SMILES string of the molecule is COc1ccccc1CN1C(=O)C(=O)/C(=C(/O)c2cc(F)ccc2OC)C1c1ccc(OC)c(OC)c1. The van der Waals surface area contributed by atoms with E-state index in [9.17, 15) is 19.1 Å². The summed E-state index contributed by atoms with van der Waals surface area (Å²) in [6, 6.07) is 14.6. The van der Waals surface area contributed by atoms with Crippen LogP contribution in [0.5, 0.6) is 23.0 Å². The minimum Gasteiger partial charge on any atom is -0.507 e. The highest BCUT2D eigenvalue weighted by atomic mass is 19.1. The number of methoxy groups -OCH3 is 4. The highest BCUT2D eigenvalue weighted by molar-refractivity contribution is 6.46. The third-order valence-corrected chi connectivity index (χ3v) is 6.21. The average Bonchev–Trinajstić information content (AvgIpc) is 3.17. The molecule has 0 bridgehead atoms. The topological polar surface area (TPSA) is 94.5 Å². The van der Waals surface area contributed by atoms with E-state index in [0.29, 0.717) is 28.4 Å². The maximum absolute atomic E-state index is 14.2. The van der Waals surface area contributed by atoms with Crippen LogP contribution in [0.15, 0.2) is 66.2 Å². The molecule has 37 heavy (non-hydrogen) atoms. The van der Waals surface area contributed by atoms with Gasteiger partial charge in [0.15, 0.2) is 11.5 Å². The van der Waals surface area contributed by atoms with Crippen LogP contribution in [0.4, 0.5) is 4.39 Å². The Labute approximate surface area is 213 Å². The summed E-state index contributed by atoms with van der Waals surface area (Å²) in [5.41, 5.74) is 0.864. The molecule has 1 aliphatic heterocycles. The van der Waals surface area contributed by atoms with Crippen LogP contribution in [-0.2, 0) is 16.1 Å². The van der Waals surface area contributed by atoms with E-state index in [-0.39, 0.29) is 23.4 Å². The van der Waals surface area contributed by atoms with Gasteiger partial charge in [0, 0.05) is 5.56 Å². The number of likely N-dealkylation sites (tertiary alicyclic amines) is 1. The summed E-state index contributed by atoms with van der Waals surface area (Å²) in [6.45, 7) is 0.00463. The van der Waals surface area contributed by atoms with E-state index in [1.165, 1.54) is 45.5 Å². The largest absolute Gasteiger partial charge is 0.507 e. The van der Waals surface area contributed by atoms with Crippen LogP contribution in [0.1, 0.15) is 22.7 Å². The van der Waals surface area contributed by atoms with Crippen molar-refractivity contribution in [2.45, 2.75) is 12.6 Å². The number of nitrogens with zero attached hydrogens (tertiary/aromatic N) is 1. The van der Waals surface area contributed by atoms with E-state index in [4.69, 9.17) is 18.9 Å². The Morgan fingerprint density at radius 2 is 1.49 bits per heavy atom. The highest BCUT2D eigenvalue weighted by Crippen LogP contribution is 2.44. The maximum atomic E-state index is 14.2. The van der Waals surface area contributed by atoms with Crippen molar-refractivity contribution in [1.82, 2.24) is 4.90 Å². The molecule has 8 nitrogen and oxygen atoms in total. The second-order valence-electron chi connectivity index (χ2n) is 8.20. The number of rotatable bonds is 8. The lowest BCUT2D eigenvalue weighted by molar-refractivity contribution is -0.140. The summed E-state index contributed by atoms with van der Waals surface area (Å²) < 4.78 is 35.6. The van der Waals surface area contributed by atoms with Crippen LogP contribution in [-0.4, -0.2) is 50.1 Å². The lowest BCUT2D eigenvalue weighted by Gasteiger charge is -2.26. The minimum atomic E-state index is -1.03. The zero-order chi connectivity index (χ0) is 26.7. The fraction of sp³-hybridized carbons (Fsp3) is 0.214. The van der Waals surface area contributed by atoms with Gasteiger partial charge in [-0.1, -0.05) is 24.3 Å². The van der Waals surface area contributed by atoms with Crippen molar-refractivity contribution >= 4 is 17.4 Å². The smallest absolute Gasteiger partial charge is 0.295 e. The molecule has 0 radical (unpaired) electrons. The van der Waals surface area contributed by atoms with Gasteiger partial charge in [0.25, 0.3) is 11.7 Å². The Balaban J connectivity index is 1.95. The monoisotopic (exact) mass is 507 g/mol. The van der Waals surface area contributed by atoms with Crippen molar-refractivity contribution < 1.29 is 38.0 Å². The van der Waals surface area contributed by atoms with Crippen LogP contribution in [0.2, 0.25) is 0 Å². The molecule has 9 heteroatoms. The van der Waals surface area contributed by atoms with Crippen molar-refractivity contribution in [2.24, 2.45) is 0 Å². The van der Waals surface area contributed by atoms with Crippen LogP contribution in [0.25, 0.3) is 5.76 Å². The third kappa shape index (κ3) is 4.67. The van der Waals surface area contributed by atoms with Crippen LogP contribution < -0.4 is 18.9 Å². The molecule has 0 aliphatic carbocycles. The Bertz CT molecular complexity index is 1380. The van der Waals surface area contributed by atoms with E-state index in [1.54, 1.807) is 42.5 Å². The van der Waals surface area contributed by atoms with Gasteiger partial charge in [0.05, 0.1) is 52.2 Å². The normalized spacial score (nSPS) is 16.6. The van der Waals surface area contributed by atoms with Crippen molar-refractivity contribution in [1.29, 1.82) is 0 Å². The number of benzene rings is 3. The quantitative estimate of drug-likeness (QED) is 0.273. The predicted molar refractivity (Wildman–Crippen MR) is 133 cm³/mol. The van der Waals surface area contributed by atoms with Gasteiger partial charge < -0.3 is 29.0 Å². The number of amides is 1. The van der Waals surface area contributed by atoms with E-state index in [1.807, 2.05) is 0 Å². The predicted octanol–water partition coefficient (Wildman–Crippen LogP) is 4.48. The van der Waals surface area contributed by atoms with Gasteiger partial charge in [0.2, 0.25) is 0 Å². The zero-order valence-electron chi connectivity index (χ0n) is 20.8. The van der Waals surface area contributed by atoms with Crippen LogP contribution in [0, 0.1) is 5.82 Å². The van der Waals surface area contributed by atoms with Crippen LogP contribution >= 0.6 is 0 Å². The zero-order valence-corrected chi connectivity index (χ0v) is 20.8. The number of Topliss-reactive ketones (excluding diaryl/α,β-unsaturated/α-hetero) is 1. The standard InChI is InChI=1S/C28H26FNO7/c1-34-20-8-6-5-7-17(20)15-30-25(16-9-11-22(36-3)23(13-16)37-4)24(27(32)28(30)33)26(31)19-14-18(29)10-12-21(19)35-2/h5-14,25,31H,15H2,1-4H3/b26-24+. The molecule has 1 aliphatic rings. The number of hydrogen-bond acceptors (Lipinski definition) is 7. The molecule has 1 heterocycles. The van der Waals surface area contributed by atoms with E-state index in [2.05, 4.69) is 0 Å².